The Labute approximate surface area is 127 Å². The maximum atomic E-state index is 12.6. The molecule has 0 aromatic heterocycles. The zero-order valence-corrected chi connectivity index (χ0v) is 13.5. The molecule has 0 bridgehead atoms. The SMILES string of the molecule is CCN(C(=O)c1ccc(CS(C)(=O)=O)cc1)C1CCCC1. The third kappa shape index (κ3) is 4.30. The average molecular weight is 309 g/mol. The molecule has 1 aliphatic rings. The van der Waals surface area contributed by atoms with Gasteiger partial charge >= 0.3 is 0 Å². The average Bonchev–Trinajstić information content (AvgIpc) is 2.92. The number of hydrogen-bond acceptors (Lipinski definition) is 3. The van der Waals surface area contributed by atoms with E-state index < -0.39 is 9.84 Å². The van der Waals surface area contributed by atoms with Gasteiger partial charge in [0.15, 0.2) is 9.84 Å². The van der Waals surface area contributed by atoms with E-state index in [1.54, 1.807) is 24.3 Å². The Hall–Kier alpha value is -1.36. The van der Waals surface area contributed by atoms with Crippen molar-refractivity contribution >= 4 is 15.7 Å². The van der Waals surface area contributed by atoms with Crippen LogP contribution in [0, 0.1) is 0 Å². The van der Waals surface area contributed by atoms with Crippen molar-refractivity contribution < 1.29 is 13.2 Å². The molecule has 0 radical (unpaired) electrons. The van der Waals surface area contributed by atoms with Crippen molar-refractivity contribution in [3.05, 3.63) is 35.4 Å². The molecule has 0 heterocycles. The highest BCUT2D eigenvalue weighted by atomic mass is 32.2. The molecule has 0 unspecified atom stereocenters. The fraction of sp³-hybridized carbons (Fsp3) is 0.562. The number of nitrogens with zero attached hydrogens (tertiary/aromatic N) is 1. The van der Waals surface area contributed by atoms with Crippen LogP contribution in [0.5, 0.6) is 0 Å². The number of benzene rings is 1. The molecule has 1 aromatic carbocycles. The first-order valence-corrected chi connectivity index (χ1v) is 9.54. The summed E-state index contributed by atoms with van der Waals surface area (Å²) in [5, 5.41) is 0. The van der Waals surface area contributed by atoms with Gasteiger partial charge in [0, 0.05) is 24.4 Å². The second-order valence-corrected chi connectivity index (χ2v) is 7.94. The third-order valence-corrected chi connectivity index (χ3v) is 4.85. The quantitative estimate of drug-likeness (QED) is 0.840. The second kappa shape index (κ2) is 6.60. The van der Waals surface area contributed by atoms with Crippen molar-refractivity contribution in [3.63, 3.8) is 0 Å². The van der Waals surface area contributed by atoms with Crippen molar-refractivity contribution in [2.75, 3.05) is 12.8 Å². The van der Waals surface area contributed by atoms with E-state index >= 15 is 0 Å². The van der Waals surface area contributed by atoms with Gasteiger partial charge < -0.3 is 4.90 Å². The van der Waals surface area contributed by atoms with Gasteiger partial charge in [0.05, 0.1) is 5.75 Å². The van der Waals surface area contributed by atoms with E-state index in [2.05, 4.69) is 0 Å². The molecular formula is C16H23NO3S. The molecule has 116 valence electrons. The molecule has 1 aliphatic carbocycles. The molecule has 0 N–H and O–H groups in total. The first kappa shape index (κ1) is 16.0. The summed E-state index contributed by atoms with van der Waals surface area (Å²) in [6.45, 7) is 2.73. The topological polar surface area (TPSA) is 54.5 Å². The van der Waals surface area contributed by atoms with E-state index in [9.17, 15) is 13.2 Å². The molecule has 0 aliphatic heterocycles. The van der Waals surface area contributed by atoms with Crippen molar-refractivity contribution in [2.24, 2.45) is 0 Å². The molecule has 1 saturated carbocycles. The Kier molecular flexibility index (Phi) is 5.04. The molecule has 5 heteroatoms. The maximum Gasteiger partial charge on any atom is 0.254 e. The van der Waals surface area contributed by atoms with Crippen LogP contribution in [0.4, 0.5) is 0 Å². The highest BCUT2D eigenvalue weighted by Crippen LogP contribution is 2.24. The van der Waals surface area contributed by atoms with E-state index in [1.807, 2.05) is 11.8 Å². The number of carbonyl (C=O) groups excluding carboxylic acids is 1. The van der Waals surface area contributed by atoms with E-state index in [0.717, 1.165) is 18.4 Å². The highest BCUT2D eigenvalue weighted by Gasteiger charge is 2.26. The van der Waals surface area contributed by atoms with Crippen LogP contribution in [0.25, 0.3) is 0 Å². The molecular weight excluding hydrogens is 286 g/mol. The molecule has 2 rings (SSSR count). The minimum absolute atomic E-state index is 0.0155. The number of hydrogen-bond donors (Lipinski definition) is 0. The fourth-order valence-corrected chi connectivity index (χ4v) is 3.79. The predicted octanol–water partition coefficient (Wildman–Crippen LogP) is 2.64. The largest absolute Gasteiger partial charge is 0.336 e. The van der Waals surface area contributed by atoms with Gasteiger partial charge in [-0.15, -0.1) is 0 Å². The predicted molar refractivity (Wildman–Crippen MR) is 84.0 cm³/mol. The Morgan fingerprint density at radius 3 is 2.24 bits per heavy atom. The van der Waals surface area contributed by atoms with Gasteiger partial charge in [-0.1, -0.05) is 25.0 Å². The van der Waals surface area contributed by atoms with Gasteiger partial charge in [0.2, 0.25) is 0 Å². The summed E-state index contributed by atoms with van der Waals surface area (Å²) >= 11 is 0. The zero-order chi connectivity index (χ0) is 15.5. The van der Waals surface area contributed by atoms with E-state index in [4.69, 9.17) is 0 Å². The van der Waals surface area contributed by atoms with Crippen LogP contribution < -0.4 is 0 Å². The molecule has 4 nitrogen and oxygen atoms in total. The van der Waals surface area contributed by atoms with Gasteiger partial charge in [-0.25, -0.2) is 8.42 Å². The number of sulfone groups is 1. The summed E-state index contributed by atoms with van der Waals surface area (Å²) in [5.41, 5.74) is 1.36. The third-order valence-electron chi connectivity index (χ3n) is 4.00. The summed E-state index contributed by atoms with van der Waals surface area (Å²) in [4.78, 5) is 14.5. The molecule has 0 saturated heterocycles. The molecule has 1 fully saturated rings. The second-order valence-electron chi connectivity index (χ2n) is 5.80. The standard InChI is InChI=1S/C16H23NO3S/c1-3-17(15-6-4-5-7-15)16(18)14-10-8-13(9-11-14)12-21(2,19)20/h8-11,15H,3-7,12H2,1-2H3. The Balaban J connectivity index is 2.11. The van der Waals surface area contributed by atoms with Crippen LogP contribution in [0.2, 0.25) is 0 Å². The lowest BCUT2D eigenvalue weighted by Crippen LogP contribution is -2.38. The van der Waals surface area contributed by atoms with Gasteiger partial charge in [0.25, 0.3) is 5.91 Å². The van der Waals surface area contributed by atoms with Gasteiger partial charge in [-0.3, -0.25) is 4.79 Å². The Bertz CT molecular complexity index is 586. The number of carbonyl (C=O) groups is 1. The molecule has 21 heavy (non-hydrogen) atoms. The highest BCUT2D eigenvalue weighted by molar-refractivity contribution is 7.89. The monoisotopic (exact) mass is 309 g/mol. The van der Waals surface area contributed by atoms with Gasteiger partial charge in [0.1, 0.15) is 0 Å². The molecule has 1 aromatic rings. The molecule has 0 spiro atoms. The van der Waals surface area contributed by atoms with Crippen LogP contribution in [0.3, 0.4) is 0 Å². The van der Waals surface area contributed by atoms with Crippen molar-refractivity contribution in [1.29, 1.82) is 0 Å². The first-order chi connectivity index (χ1) is 9.90. The summed E-state index contributed by atoms with van der Waals surface area (Å²) in [5.74, 6) is 0.0667. The van der Waals surface area contributed by atoms with Gasteiger partial charge in [-0.2, -0.15) is 0 Å². The normalized spacial score (nSPS) is 16.1. The fourth-order valence-electron chi connectivity index (χ4n) is 3.00. The smallest absolute Gasteiger partial charge is 0.254 e. The van der Waals surface area contributed by atoms with Crippen LogP contribution >= 0.6 is 0 Å². The number of amides is 1. The van der Waals surface area contributed by atoms with Crippen molar-refractivity contribution in [3.8, 4) is 0 Å². The van der Waals surface area contributed by atoms with Gasteiger partial charge in [-0.05, 0) is 37.5 Å². The molecule has 1 amide bonds. The summed E-state index contributed by atoms with van der Waals surface area (Å²) in [7, 11) is -3.04. The summed E-state index contributed by atoms with van der Waals surface area (Å²) in [6.07, 6.45) is 5.78. The van der Waals surface area contributed by atoms with E-state index in [1.165, 1.54) is 19.1 Å². The van der Waals surface area contributed by atoms with Crippen LogP contribution in [0.15, 0.2) is 24.3 Å². The lowest BCUT2D eigenvalue weighted by Gasteiger charge is -2.27. The van der Waals surface area contributed by atoms with Crippen LogP contribution in [0.1, 0.15) is 48.5 Å². The van der Waals surface area contributed by atoms with E-state index in [0.29, 0.717) is 18.2 Å². The van der Waals surface area contributed by atoms with Crippen LogP contribution in [-0.2, 0) is 15.6 Å². The molecule has 0 atom stereocenters. The van der Waals surface area contributed by atoms with Crippen molar-refractivity contribution in [1.82, 2.24) is 4.90 Å². The number of rotatable bonds is 5. The first-order valence-electron chi connectivity index (χ1n) is 7.48. The maximum absolute atomic E-state index is 12.6. The van der Waals surface area contributed by atoms with Crippen LogP contribution in [-0.4, -0.2) is 38.1 Å². The van der Waals surface area contributed by atoms with E-state index in [-0.39, 0.29) is 11.7 Å². The Morgan fingerprint density at radius 2 is 1.76 bits per heavy atom. The summed E-state index contributed by atoms with van der Waals surface area (Å²) < 4.78 is 22.5. The minimum atomic E-state index is -3.04. The van der Waals surface area contributed by atoms with Crippen molar-refractivity contribution in [2.45, 2.75) is 44.4 Å². The summed E-state index contributed by atoms with van der Waals surface area (Å²) in [6, 6.07) is 7.30. The lowest BCUT2D eigenvalue weighted by molar-refractivity contribution is 0.0693. The lowest BCUT2D eigenvalue weighted by atomic mass is 10.1. The zero-order valence-electron chi connectivity index (χ0n) is 12.7. The minimum Gasteiger partial charge on any atom is -0.336 e. The Morgan fingerprint density at radius 1 is 1.19 bits per heavy atom.